The summed E-state index contributed by atoms with van der Waals surface area (Å²) < 4.78 is 0.954. The van der Waals surface area contributed by atoms with Crippen LogP contribution in [-0.2, 0) is 9.59 Å². The molecule has 1 aromatic heterocycles. The van der Waals surface area contributed by atoms with E-state index in [1.54, 1.807) is 52.9 Å². The molecular weight excluding hydrogens is 446 g/mol. The number of amides is 3. The number of anilines is 2. The average Bonchev–Trinajstić information content (AvgIpc) is 3.23. The summed E-state index contributed by atoms with van der Waals surface area (Å²) in [6.45, 7) is 3.84. The maximum Gasteiger partial charge on any atom is 0.257 e. The molecule has 8 nitrogen and oxygen atoms in total. The smallest absolute Gasteiger partial charge is 0.257 e. The molecule has 1 aromatic carbocycles. The molecule has 0 atom stereocenters. The van der Waals surface area contributed by atoms with Gasteiger partial charge in [0, 0.05) is 64.2 Å². The number of benzene rings is 1. The molecule has 1 aliphatic heterocycles. The monoisotopic (exact) mass is 473 g/mol. The maximum absolute atomic E-state index is 12.4. The number of nitrogens with one attached hydrogen (secondary N) is 1. The van der Waals surface area contributed by atoms with E-state index in [1.807, 2.05) is 37.2 Å². The Labute approximate surface area is 196 Å². The molecule has 1 N–H and O–H groups in total. The van der Waals surface area contributed by atoms with Crippen molar-refractivity contribution in [1.29, 1.82) is 0 Å². The van der Waals surface area contributed by atoms with Gasteiger partial charge in [0.25, 0.3) is 5.91 Å². The van der Waals surface area contributed by atoms with E-state index >= 15 is 0 Å². The number of hydrogen-bond acceptors (Lipinski definition) is 7. The molecule has 3 rings (SSSR count). The van der Waals surface area contributed by atoms with Crippen molar-refractivity contribution in [3.8, 4) is 0 Å². The lowest BCUT2D eigenvalue weighted by atomic mass is 10.2. The topological polar surface area (TPSA) is 85.9 Å². The highest BCUT2D eigenvalue weighted by Crippen LogP contribution is 2.28. The molecule has 0 aliphatic carbocycles. The fourth-order valence-corrected chi connectivity index (χ4v) is 4.80. The summed E-state index contributed by atoms with van der Waals surface area (Å²) in [5.41, 5.74) is 1.60. The predicted octanol–water partition coefficient (Wildman–Crippen LogP) is 2.80. The molecular formula is C22H27N5O3S2. The summed E-state index contributed by atoms with van der Waals surface area (Å²) in [5.74, 6) is 0.440. The first-order valence-corrected chi connectivity index (χ1v) is 12.0. The second kappa shape index (κ2) is 11.1. The van der Waals surface area contributed by atoms with Crippen molar-refractivity contribution >= 4 is 51.6 Å². The summed E-state index contributed by atoms with van der Waals surface area (Å²) >= 11 is 2.95. The van der Waals surface area contributed by atoms with Gasteiger partial charge in [0.05, 0.1) is 10.4 Å². The van der Waals surface area contributed by atoms with Gasteiger partial charge in [0.15, 0.2) is 5.13 Å². The van der Waals surface area contributed by atoms with E-state index in [-0.39, 0.29) is 17.7 Å². The molecule has 170 valence electrons. The van der Waals surface area contributed by atoms with E-state index < -0.39 is 0 Å². The lowest BCUT2D eigenvalue weighted by Crippen LogP contribution is -2.49. The SMILES string of the molecule is CC(=O)N1CCN(C(=O)/C=C/CSc2cnc(NC(=O)c3ccc(N(C)C)cc3)s2)CC1. The number of thioether (sulfide) groups is 1. The van der Waals surface area contributed by atoms with E-state index in [9.17, 15) is 14.4 Å². The van der Waals surface area contributed by atoms with Crippen LogP contribution in [0.25, 0.3) is 0 Å². The van der Waals surface area contributed by atoms with Crippen LogP contribution in [-0.4, -0.2) is 78.5 Å². The number of rotatable bonds is 7. The highest BCUT2D eigenvalue weighted by molar-refractivity contribution is 8.01. The lowest BCUT2D eigenvalue weighted by molar-refractivity contribution is -0.135. The zero-order valence-electron chi connectivity index (χ0n) is 18.4. The van der Waals surface area contributed by atoms with Gasteiger partial charge in [-0.2, -0.15) is 0 Å². The Morgan fingerprint density at radius 3 is 2.41 bits per heavy atom. The summed E-state index contributed by atoms with van der Waals surface area (Å²) in [6.07, 6.45) is 5.13. The van der Waals surface area contributed by atoms with Crippen LogP contribution in [0.5, 0.6) is 0 Å². The van der Waals surface area contributed by atoms with E-state index in [1.165, 1.54) is 11.3 Å². The second-order valence-electron chi connectivity index (χ2n) is 7.42. The standard InChI is InChI=1S/C22H27N5O3S2/c1-16(28)26-10-12-27(13-11-26)19(29)5-4-14-31-20-15-23-22(32-20)24-21(30)17-6-8-18(9-7-17)25(2)3/h4-9,15H,10-14H2,1-3H3,(H,23,24,30)/b5-4+. The number of piperazine rings is 1. The van der Waals surface area contributed by atoms with Gasteiger partial charge in [-0.25, -0.2) is 4.98 Å². The van der Waals surface area contributed by atoms with E-state index in [4.69, 9.17) is 0 Å². The first kappa shape index (κ1) is 23.8. The van der Waals surface area contributed by atoms with Crippen LogP contribution in [0.3, 0.4) is 0 Å². The molecule has 1 fully saturated rings. The Morgan fingerprint density at radius 1 is 1.12 bits per heavy atom. The third-order valence-corrected chi connectivity index (χ3v) is 7.03. The number of thiazole rings is 1. The molecule has 1 aliphatic rings. The molecule has 0 bridgehead atoms. The van der Waals surface area contributed by atoms with Crippen molar-refractivity contribution in [3.05, 3.63) is 48.2 Å². The number of aromatic nitrogens is 1. The minimum Gasteiger partial charge on any atom is -0.378 e. The molecule has 0 spiro atoms. The Bertz CT molecular complexity index is 980. The van der Waals surface area contributed by atoms with E-state index in [0.29, 0.717) is 42.6 Å². The third-order valence-electron chi connectivity index (χ3n) is 4.97. The summed E-state index contributed by atoms with van der Waals surface area (Å²) in [5, 5.41) is 3.36. The molecule has 2 aromatic rings. The third kappa shape index (κ3) is 6.57. The normalized spacial score (nSPS) is 14.0. The molecule has 0 unspecified atom stereocenters. The Morgan fingerprint density at radius 2 is 1.78 bits per heavy atom. The highest BCUT2D eigenvalue weighted by atomic mass is 32.2. The average molecular weight is 474 g/mol. The fourth-order valence-electron chi connectivity index (χ4n) is 3.09. The Kier molecular flexibility index (Phi) is 8.29. The highest BCUT2D eigenvalue weighted by Gasteiger charge is 2.20. The van der Waals surface area contributed by atoms with E-state index in [0.717, 1.165) is 9.90 Å². The maximum atomic E-state index is 12.4. The van der Waals surface area contributed by atoms with Crippen molar-refractivity contribution in [2.75, 3.05) is 56.2 Å². The van der Waals surface area contributed by atoms with Gasteiger partial charge in [-0.15, -0.1) is 11.8 Å². The van der Waals surface area contributed by atoms with Crippen molar-refractivity contribution in [3.63, 3.8) is 0 Å². The van der Waals surface area contributed by atoms with Crippen LogP contribution >= 0.6 is 23.1 Å². The molecule has 0 saturated carbocycles. The van der Waals surface area contributed by atoms with Crippen molar-refractivity contribution in [2.45, 2.75) is 11.1 Å². The zero-order valence-corrected chi connectivity index (χ0v) is 20.0. The predicted molar refractivity (Wildman–Crippen MR) is 130 cm³/mol. The minimum atomic E-state index is -0.198. The molecule has 1 saturated heterocycles. The number of carbonyl (C=O) groups excluding carboxylic acids is 3. The van der Waals surface area contributed by atoms with Gasteiger partial charge in [0.1, 0.15) is 0 Å². The quantitative estimate of drug-likeness (QED) is 0.492. The van der Waals surface area contributed by atoms with Crippen molar-refractivity contribution in [2.24, 2.45) is 0 Å². The van der Waals surface area contributed by atoms with Crippen LogP contribution in [0.15, 0.2) is 46.8 Å². The number of nitrogens with zero attached hydrogens (tertiary/aromatic N) is 4. The van der Waals surface area contributed by atoms with Gasteiger partial charge in [-0.3, -0.25) is 19.7 Å². The van der Waals surface area contributed by atoms with Gasteiger partial charge in [-0.1, -0.05) is 17.4 Å². The summed E-state index contributed by atoms with van der Waals surface area (Å²) in [6, 6.07) is 7.37. The largest absolute Gasteiger partial charge is 0.378 e. The summed E-state index contributed by atoms with van der Waals surface area (Å²) in [4.78, 5) is 45.8. The Hall–Kier alpha value is -2.85. The first-order valence-electron chi connectivity index (χ1n) is 10.2. The van der Waals surface area contributed by atoms with Gasteiger partial charge in [0.2, 0.25) is 11.8 Å². The van der Waals surface area contributed by atoms with Crippen LogP contribution in [0, 0.1) is 0 Å². The number of hydrogen-bond donors (Lipinski definition) is 1. The molecule has 10 heteroatoms. The Balaban J connectivity index is 1.42. The van der Waals surface area contributed by atoms with Crippen LogP contribution < -0.4 is 10.2 Å². The van der Waals surface area contributed by atoms with Crippen LogP contribution in [0.1, 0.15) is 17.3 Å². The van der Waals surface area contributed by atoms with Gasteiger partial charge >= 0.3 is 0 Å². The minimum absolute atomic E-state index is 0.0358. The van der Waals surface area contributed by atoms with Crippen molar-refractivity contribution < 1.29 is 14.4 Å². The molecule has 3 amide bonds. The van der Waals surface area contributed by atoms with Gasteiger partial charge < -0.3 is 14.7 Å². The van der Waals surface area contributed by atoms with Gasteiger partial charge in [-0.05, 0) is 30.3 Å². The molecule has 0 radical (unpaired) electrons. The van der Waals surface area contributed by atoms with E-state index in [2.05, 4.69) is 10.3 Å². The lowest BCUT2D eigenvalue weighted by Gasteiger charge is -2.33. The number of carbonyl (C=O) groups is 3. The summed E-state index contributed by atoms with van der Waals surface area (Å²) in [7, 11) is 3.90. The zero-order chi connectivity index (χ0) is 23.1. The van der Waals surface area contributed by atoms with Crippen LogP contribution in [0.4, 0.5) is 10.8 Å². The van der Waals surface area contributed by atoms with Crippen molar-refractivity contribution in [1.82, 2.24) is 14.8 Å². The molecule has 32 heavy (non-hydrogen) atoms. The van der Waals surface area contributed by atoms with Crippen LogP contribution in [0.2, 0.25) is 0 Å². The molecule has 2 heterocycles. The second-order valence-corrected chi connectivity index (χ2v) is 9.78. The first-order chi connectivity index (χ1) is 15.3. The fraction of sp³-hybridized carbons (Fsp3) is 0.364.